The minimum absolute atomic E-state index is 0.377. The number of hydrogen-bond acceptors (Lipinski definition) is 2. The highest BCUT2D eigenvalue weighted by Crippen LogP contribution is 2.18. The second-order valence-corrected chi connectivity index (χ2v) is 6.01. The average molecular weight is 306 g/mol. The molecule has 0 aromatic carbocycles. The Morgan fingerprint density at radius 2 is 2.12 bits per heavy atom. The van der Waals surface area contributed by atoms with Crippen LogP contribution in [-0.2, 0) is 4.74 Å². The molecule has 1 aliphatic heterocycles. The Balaban J connectivity index is 2.37. The molecule has 0 amide bonds. The Kier molecular flexibility index (Phi) is 7.72. The van der Waals surface area contributed by atoms with E-state index in [2.05, 4.69) is 41.6 Å². The van der Waals surface area contributed by atoms with E-state index < -0.39 is 0 Å². The van der Waals surface area contributed by atoms with Crippen molar-refractivity contribution in [3.05, 3.63) is 0 Å². The molecule has 0 bridgehead atoms. The topological polar surface area (TPSA) is 12.5 Å². The van der Waals surface area contributed by atoms with Gasteiger partial charge in [-0.15, -0.1) is 0 Å². The predicted octanol–water partition coefficient (Wildman–Crippen LogP) is 3.69. The molecule has 3 atom stereocenters. The van der Waals surface area contributed by atoms with E-state index in [0.29, 0.717) is 12.2 Å². The fourth-order valence-corrected chi connectivity index (χ4v) is 3.01. The number of rotatable bonds is 7. The van der Waals surface area contributed by atoms with Crippen molar-refractivity contribution in [3.63, 3.8) is 0 Å². The van der Waals surface area contributed by atoms with Crippen LogP contribution in [0.4, 0.5) is 0 Å². The summed E-state index contributed by atoms with van der Waals surface area (Å²) in [5.41, 5.74) is 0. The largest absolute Gasteiger partial charge is 0.372 e. The minimum atomic E-state index is 0.377. The maximum absolute atomic E-state index is 5.87. The van der Waals surface area contributed by atoms with Gasteiger partial charge in [0.15, 0.2) is 0 Å². The van der Waals surface area contributed by atoms with Crippen molar-refractivity contribution in [1.29, 1.82) is 0 Å². The van der Waals surface area contributed by atoms with Gasteiger partial charge in [0.1, 0.15) is 0 Å². The number of hydrogen-bond donors (Lipinski definition) is 0. The van der Waals surface area contributed by atoms with Crippen LogP contribution in [0.1, 0.15) is 46.5 Å². The van der Waals surface area contributed by atoms with E-state index in [1.54, 1.807) is 0 Å². The fourth-order valence-electron chi connectivity index (χ4n) is 2.66. The third-order valence-corrected chi connectivity index (χ3v) is 4.36. The van der Waals surface area contributed by atoms with Crippen LogP contribution in [0.2, 0.25) is 0 Å². The Morgan fingerprint density at radius 1 is 1.35 bits per heavy atom. The first-order valence-electron chi connectivity index (χ1n) is 7.13. The van der Waals surface area contributed by atoms with Crippen molar-refractivity contribution in [2.75, 3.05) is 25.0 Å². The normalized spacial score (nSPS) is 28.2. The third kappa shape index (κ3) is 5.71. The summed E-state index contributed by atoms with van der Waals surface area (Å²) < 4.78 is 5.87. The van der Waals surface area contributed by atoms with E-state index in [9.17, 15) is 0 Å². The van der Waals surface area contributed by atoms with Crippen molar-refractivity contribution in [3.8, 4) is 0 Å². The smallest absolute Gasteiger partial charge is 0.0802 e. The number of ether oxygens (including phenoxy) is 1. The first kappa shape index (κ1) is 15.5. The van der Waals surface area contributed by atoms with Gasteiger partial charge in [0.25, 0.3) is 0 Å². The summed E-state index contributed by atoms with van der Waals surface area (Å²) in [5, 5.41) is 0.958. The molecule has 0 spiro atoms. The summed E-state index contributed by atoms with van der Waals surface area (Å²) in [6, 6.07) is 0. The number of alkyl halides is 1. The molecule has 1 fully saturated rings. The van der Waals surface area contributed by atoms with Crippen LogP contribution in [0.3, 0.4) is 0 Å². The molecule has 1 rings (SSSR count). The summed E-state index contributed by atoms with van der Waals surface area (Å²) in [7, 11) is 0. The lowest BCUT2D eigenvalue weighted by Crippen LogP contribution is -2.48. The van der Waals surface area contributed by atoms with Gasteiger partial charge >= 0.3 is 0 Å². The van der Waals surface area contributed by atoms with E-state index in [-0.39, 0.29) is 0 Å². The fraction of sp³-hybridized carbons (Fsp3) is 1.00. The van der Waals surface area contributed by atoms with Gasteiger partial charge in [-0.1, -0.05) is 49.0 Å². The summed E-state index contributed by atoms with van der Waals surface area (Å²) in [4.78, 5) is 2.60. The van der Waals surface area contributed by atoms with E-state index in [1.165, 1.54) is 32.2 Å². The second-order valence-electron chi connectivity index (χ2n) is 5.36. The lowest BCUT2D eigenvalue weighted by molar-refractivity contribution is -0.0691. The van der Waals surface area contributed by atoms with Gasteiger partial charge in [-0.25, -0.2) is 0 Å². The molecule has 102 valence electrons. The molecular weight excluding hydrogens is 278 g/mol. The summed E-state index contributed by atoms with van der Waals surface area (Å²) >= 11 is 3.54. The number of unbranched alkanes of at least 4 members (excludes halogenated alkanes) is 1. The molecule has 0 saturated carbocycles. The van der Waals surface area contributed by atoms with Gasteiger partial charge in [-0.3, -0.25) is 4.90 Å². The molecule has 2 nitrogen and oxygen atoms in total. The highest BCUT2D eigenvalue weighted by atomic mass is 79.9. The van der Waals surface area contributed by atoms with Crippen molar-refractivity contribution in [1.82, 2.24) is 4.90 Å². The van der Waals surface area contributed by atoms with Crippen molar-refractivity contribution < 1.29 is 4.74 Å². The molecule has 0 N–H and O–H groups in total. The zero-order valence-corrected chi connectivity index (χ0v) is 13.2. The third-order valence-electron chi connectivity index (χ3n) is 3.63. The number of halogens is 1. The van der Waals surface area contributed by atoms with E-state index in [4.69, 9.17) is 4.74 Å². The van der Waals surface area contributed by atoms with E-state index >= 15 is 0 Å². The van der Waals surface area contributed by atoms with Gasteiger partial charge in [0.05, 0.1) is 12.2 Å². The van der Waals surface area contributed by atoms with Gasteiger partial charge < -0.3 is 4.74 Å². The molecule has 3 heteroatoms. The second kappa shape index (κ2) is 8.49. The maximum Gasteiger partial charge on any atom is 0.0802 e. The lowest BCUT2D eigenvalue weighted by Gasteiger charge is -2.37. The van der Waals surface area contributed by atoms with Crippen LogP contribution in [-0.4, -0.2) is 42.1 Å². The Bertz CT molecular complexity index is 201. The molecule has 1 aliphatic rings. The molecule has 17 heavy (non-hydrogen) atoms. The molecule has 0 aromatic rings. The molecular formula is C14H28BrNO. The van der Waals surface area contributed by atoms with Crippen molar-refractivity contribution in [2.24, 2.45) is 5.92 Å². The predicted molar refractivity (Wildman–Crippen MR) is 77.9 cm³/mol. The lowest BCUT2D eigenvalue weighted by atomic mass is 9.98. The molecule has 0 aliphatic carbocycles. The van der Waals surface area contributed by atoms with Gasteiger partial charge in [0, 0.05) is 25.0 Å². The maximum atomic E-state index is 5.87. The average Bonchev–Trinajstić information content (AvgIpc) is 2.33. The van der Waals surface area contributed by atoms with Crippen LogP contribution < -0.4 is 0 Å². The minimum Gasteiger partial charge on any atom is -0.372 e. The van der Waals surface area contributed by atoms with Crippen molar-refractivity contribution in [2.45, 2.75) is 58.7 Å². The Labute approximate surface area is 115 Å². The van der Waals surface area contributed by atoms with Crippen LogP contribution >= 0.6 is 15.9 Å². The summed E-state index contributed by atoms with van der Waals surface area (Å²) in [6.45, 7) is 10.3. The highest BCUT2D eigenvalue weighted by molar-refractivity contribution is 9.09. The summed E-state index contributed by atoms with van der Waals surface area (Å²) in [5.74, 6) is 0.872. The Morgan fingerprint density at radius 3 is 2.71 bits per heavy atom. The quantitative estimate of drug-likeness (QED) is 0.665. The molecule has 1 saturated heterocycles. The zero-order valence-electron chi connectivity index (χ0n) is 11.6. The van der Waals surface area contributed by atoms with Gasteiger partial charge in [-0.2, -0.15) is 0 Å². The highest BCUT2D eigenvalue weighted by Gasteiger charge is 2.25. The SMILES string of the molecule is CCCCC(CC)CN1CC(C)OC(CBr)C1. The molecule has 3 unspecified atom stereocenters. The van der Waals surface area contributed by atoms with Gasteiger partial charge in [-0.05, 0) is 19.3 Å². The molecule has 0 aromatic heterocycles. The van der Waals surface area contributed by atoms with E-state index in [1.807, 2.05) is 0 Å². The number of morpholine rings is 1. The van der Waals surface area contributed by atoms with Crippen LogP contribution in [0, 0.1) is 5.92 Å². The van der Waals surface area contributed by atoms with E-state index in [0.717, 1.165) is 24.3 Å². The summed E-state index contributed by atoms with van der Waals surface area (Å²) in [6.07, 6.45) is 6.15. The molecule has 0 radical (unpaired) electrons. The monoisotopic (exact) mass is 305 g/mol. The van der Waals surface area contributed by atoms with Crippen molar-refractivity contribution >= 4 is 15.9 Å². The first-order valence-corrected chi connectivity index (χ1v) is 8.25. The van der Waals surface area contributed by atoms with Crippen LogP contribution in [0.15, 0.2) is 0 Å². The van der Waals surface area contributed by atoms with Crippen LogP contribution in [0.5, 0.6) is 0 Å². The number of nitrogens with zero attached hydrogens (tertiary/aromatic N) is 1. The van der Waals surface area contributed by atoms with Crippen LogP contribution in [0.25, 0.3) is 0 Å². The standard InChI is InChI=1S/C14H28BrNO/c1-4-6-7-13(5-2)10-16-9-12(3)17-14(8-15)11-16/h12-14H,4-11H2,1-3H3. The van der Waals surface area contributed by atoms with Gasteiger partial charge in [0.2, 0.25) is 0 Å². The zero-order chi connectivity index (χ0) is 12.7. The first-order chi connectivity index (χ1) is 8.19. The molecule has 1 heterocycles. The Hall–Kier alpha value is 0.400.